The lowest BCUT2D eigenvalue weighted by Crippen LogP contribution is -2.44. The van der Waals surface area contributed by atoms with E-state index in [9.17, 15) is 27.6 Å². The van der Waals surface area contributed by atoms with E-state index in [1.807, 2.05) is 12.2 Å². The number of halogens is 3. The molecular weight excluding hydrogens is 329 g/mol. The van der Waals surface area contributed by atoms with Crippen LogP contribution in [-0.4, -0.2) is 40.0 Å². The molecule has 1 atom stereocenters. The molecule has 1 amide bonds. The van der Waals surface area contributed by atoms with Gasteiger partial charge in [-0.25, -0.2) is 4.79 Å². The number of carboxylic acid groups (broad SMARTS) is 1. The van der Waals surface area contributed by atoms with Crippen molar-refractivity contribution < 1.29 is 32.7 Å². The smallest absolute Gasteiger partial charge is 0.391 e. The summed E-state index contributed by atoms with van der Waals surface area (Å²) >= 11 is 0. The Balaban J connectivity index is 3.16. The molecular formula is C15H19F3N2O4. The highest BCUT2D eigenvalue weighted by Crippen LogP contribution is 2.24. The van der Waals surface area contributed by atoms with Gasteiger partial charge in [0.25, 0.3) is 5.91 Å². The molecule has 1 rings (SSSR count). The number of ketones is 1. The van der Waals surface area contributed by atoms with Crippen molar-refractivity contribution in [1.82, 2.24) is 10.3 Å². The van der Waals surface area contributed by atoms with Gasteiger partial charge in [0, 0.05) is 11.3 Å². The average Bonchev–Trinajstić information content (AvgIpc) is 2.73. The second kappa shape index (κ2) is 7.50. The van der Waals surface area contributed by atoms with Gasteiger partial charge in [0.1, 0.15) is 11.7 Å². The number of rotatable bonds is 7. The zero-order chi connectivity index (χ0) is 18.7. The Kier molecular flexibility index (Phi) is 6.16. The average molecular weight is 348 g/mol. The third kappa shape index (κ3) is 4.84. The molecule has 0 aromatic carbocycles. The molecule has 1 aromatic rings. The molecule has 3 N–H and O–H groups in total. The van der Waals surface area contributed by atoms with E-state index in [0.717, 1.165) is 0 Å². The molecule has 9 heteroatoms. The SMILES string of the molecule is CCCc1c(C(=O)NC(CC(F)(F)F)C(=O)O)[nH]c(C)c1C(C)=O. The van der Waals surface area contributed by atoms with Crippen molar-refractivity contribution in [3.8, 4) is 0 Å². The molecule has 0 aliphatic heterocycles. The highest BCUT2D eigenvalue weighted by atomic mass is 19.4. The van der Waals surface area contributed by atoms with E-state index in [-0.39, 0.29) is 11.5 Å². The van der Waals surface area contributed by atoms with Crippen LogP contribution in [0, 0.1) is 6.92 Å². The molecule has 0 saturated carbocycles. The normalized spacial score (nSPS) is 12.8. The number of aromatic amines is 1. The maximum absolute atomic E-state index is 12.4. The summed E-state index contributed by atoms with van der Waals surface area (Å²) in [5.41, 5.74) is 1.03. The van der Waals surface area contributed by atoms with Crippen molar-refractivity contribution in [2.75, 3.05) is 0 Å². The minimum absolute atomic E-state index is 0.0759. The quantitative estimate of drug-likeness (QED) is 0.660. The molecule has 6 nitrogen and oxygen atoms in total. The largest absolute Gasteiger partial charge is 0.480 e. The van der Waals surface area contributed by atoms with E-state index in [4.69, 9.17) is 5.11 Å². The van der Waals surface area contributed by atoms with E-state index in [1.54, 1.807) is 6.92 Å². The van der Waals surface area contributed by atoms with Crippen molar-refractivity contribution in [3.05, 3.63) is 22.5 Å². The number of Topliss-reactive ketones (excluding diaryl/α,β-unsaturated/α-hetero) is 1. The monoisotopic (exact) mass is 348 g/mol. The first-order valence-corrected chi connectivity index (χ1v) is 7.30. The van der Waals surface area contributed by atoms with Gasteiger partial charge in [0.15, 0.2) is 5.78 Å². The first-order valence-electron chi connectivity index (χ1n) is 7.30. The van der Waals surface area contributed by atoms with Gasteiger partial charge in [-0.1, -0.05) is 13.3 Å². The zero-order valence-corrected chi connectivity index (χ0v) is 13.5. The van der Waals surface area contributed by atoms with Crippen LogP contribution in [0.5, 0.6) is 0 Å². The number of aliphatic carboxylic acids is 1. The van der Waals surface area contributed by atoms with E-state index in [1.165, 1.54) is 6.92 Å². The molecule has 134 valence electrons. The maximum atomic E-state index is 12.4. The molecule has 1 aromatic heterocycles. The van der Waals surface area contributed by atoms with Gasteiger partial charge in [-0.2, -0.15) is 13.2 Å². The molecule has 0 aliphatic carbocycles. The van der Waals surface area contributed by atoms with Crippen LogP contribution in [0.1, 0.15) is 58.8 Å². The number of hydrogen-bond acceptors (Lipinski definition) is 3. The summed E-state index contributed by atoms with van der Waals surface area (Å²) < 4.78 is 37.3. The van der Waals surface area contributed by atoms with Gasteiger partial charge < -0.3 is 15.4 Å². The third-order valence-electron chi connectivity index (χ3n) is 3.41. The Morgan fingerprint density at radius 2 is 1.88 bits per heavy atom. The summed E-state index contributed by atoms with van der Waals surface area (Å²) in [6.07, 6.45) is -5.46. The second-order valence-corrected chi connectivity index (χ2v) is 5.47. The summed E-state index contributed by atoms with van der Waals surface area (Å²) in [5.74, 6) is -3.05. The Hall–Kier alpha value is -2.32. The van der Waals surface area contributed by atoms with E-state index < -0.39 is 30.5 Å². The lowest BCUT2D eigenvalue weighted by Gasteiger charge is -2.16. The van der Waals surface area contributed by atoms with Gasteiger partial charge in [0.2, 0.25) is 0 Å². The molecule has 24 heavy (non-hydrogen) atoms. The van der Waals surface area contributed by atoms with Crippen molar-refractivity contribution >= 4 is 17.7 Å². The number of carboxylic acids is 1. The predicted octanol–water partition coefficient (Wildman–Crippen LogP) is 2.61. The standard InChI is InChI=1S/C15H19F3N2O4/c1-4-5-9-11(8(3)21)7(2)19-12(9)13(22)20-10(14(23)24)6-15(16,17)18/h10,19H,4-6H2,1-3H3,(H,20,22)(H,23,24). The lowest BCUT2D eigenvalue weighted by atomic mass is 10.0. The van der Waals surface area contributed by atoms with Crippen LogP contribution in [0.3, 0.4) is 0 Å². The molecule has 1 unspecified atom stereocenters. The number of hydrogen-bond donors (Lipinski definition) is 3. The van der Waals surface area contributed by atoms with Gasteiger partial charge >= 0.3 is 12.1 Å². The Morgan fingerprint density at radius 3 is 2.29 bits per heavy atom. The molecule has 0 bridgehead atoms. The van der Waals surface area contributed by atoms with Crippen LogP contribution in [0.15, 0.2) is 0 Å². The molecule has 0 fully saturated rings. The van der Waals surface area contributed by atoms with E-state index >= 15 is 0 Å². The minimum Gasteiger partial charge on any atom is -0.480 e. The van der Waals surface area contributed by atoms with Gasteiger partial charge in [0.05, 0.1) is 6.42 Å². The lowest BCUT2D eigenvalue weighted by molar-refractivity contribution is -0.157. The number of H-pyrrole nitrogens is 1. The fourth-order valence-corrected chi connectivity index (χ4v) is 2.51. The van der Waals surface area contributed by atoms with Crippen molar-refractivity contribution in [1.29, 1.82) is 0 Å². The van der Waals surface area contributed by atoms with Crippen molar-refractivity contribution in [2.24, 2.45) is 0 Å². The number of carbonyl (C=O) groups excluding carboxylic acids is 2. The number of alkyl halides is 3. The van der Waals surface area contributed by atoms with Crippen LogP contribution < -0.4 is 5.32 Å². The number of carbonyl (C=O) groups is 3. The summed E-state index contributed by atoms with van der Waals surface area (Å²) in [5, 5.41) is 10.7. The first-order chi connectivity index (χ1) is 11.0. The van der Waals surface area contributed by atoms with Crippen molar-refractivity contribution in [3.63, 3.8) is 0 Å². The predicted molar refractivity (Wildman–Crippen MR) is 79.1 cm³/mol. The van der Waals surface area contributed by atoms with Crippen LogP contribution in [0.4, 0.5) is 13.2 Å². The Morgan fingerprint density at radius 1 is 1.29 bits per heavy atom. The molecule has 0 radical (unpaired) electrons. The summed E-state index contributed by atoms with van der Waals surface area (Å²) in [6.45, 7) is 4.70. The molecule has 0 saturated heterocycles. The number of nitrogens with one attached hydrogen (secondary N) is 2. The summed E-state index contributed by atoms with van der Waals surface area (Å²) in [7, 11) is 0. The van der Waals surface area contributed by atoms with Crippen LogP contribution in [0.2, 0.25) is 0 Å². The maximum Gasteiger partial charge on any atom is 0.391 e. The summed E-state index contributed by atoms with van der Waals surface area (Å²) in [6, 6.07) is -2.10. The van der Waals surface area contributed by atoms with Crippen LogP contribution >= 0.6 is 0 Å². The van der Waals surface area contributed by atoms with Crippen molar-refractivity contribution in [2.45, 2.75) is 52.3 Å². The Bertz CT molecular complexity index is 650. The number of amides is 1. The second-order valence-electron chi connectivity index (χ2n) is 5.47. The van der Waals surface area contributed by atoms with E-state index in [2.05, 4.69) is 4.98 Å². The third-order valence-corrected chi connectivity index (χ3v) is 3.41. The highest BCUT2D eigenvalue weighted by molar-refractivity contribution is 6.03. The Labute approximate surface area is 136 Å². The molecule has 0 spiro atoms. The van der Waals surface area contributed by atoms with Gasteiger partial charge in [-0.15, -0.1) is 0 Å². The summed E-state index contributed by atoms with van der Waals surface area (Å²) in [4.78, 5) is 37.6. The fourth-order valence-electron chi connectivity index (χ4n) is 2.51. The highest BCUT2D eigenvalue weighted by Gasteiger charge is 2.37. The topological polar surface area (TPSA) is 99.3 Å². The van der Waals surface area contributed by atoms with E-state index in [0.29, 0.717) is 29.7 Å². The molecule has 0 aliphatic rings. The molecule has 1 heterocycles. The van der Waals surface area contributed by atoms with Crippen LogP contribution in [-0.2, 0) is 11.2 Å². The fraction of sp³-hybridized carbons (Fsp3) is 0.533. The first kappa shape index (κ1) is 19.7. The zero-order valence-electron chi connectivity index (χ0n) is 13.5. The minimum atomic E-state index is -4.74. The van der Waals surface area contributed by atoms with Crippen LogP contribution in [0.25, 0.3) is 0 Å². The van der Waals surface area contributed by atoms with Gasteiger partial charge in [-0.3, -0.25) is 9.59 Å². The number of aromatic nitrogens is 1. The van der Waals surface area contributed by atoms with Gasteiger partial charge in [-0.05, 0) is 25.8 Å². The number of aryl methyl sites for hydroxylation is 1.